The number of aromatic amines is 1. The third-order valence-electron chi connectivity index (χ3n) is 4.75. The normalized spacial score (nSPS) is 18.0. The van der Waals surface area contributed by atoms with Crippen LogP contribution in [0.3, 0.4) is 0 Å². The molecule has 0 bridgehead atoms. The summed E-state index contributed by atoms with van der Waals surface area (Å²) in [5.41, 5.74) is 1.87. The minimum Gasteiger partial charge on any atom is -0.364 e. The van der Waals surface area contributed by atoms with Crippen LogP contribution in [-0.4, -0.2) is 38.8 Å². The average Bonchev–Trinajstić information content (AvgIpc) is 3.10. The summed E-state index contributed by atoms with van der Waals surface area (Å²) in [6.45, 7) is 1.38. The van der Waals surface area contributed by atoms with Crippen molar-refractivity contribution in [2.75, 3.05) is 13.1 Å². The Morgan fingerprint density at radius 2 is 2.33 bits per heavy atom. The van der Waals surface area contributed by atoms with Crippen LogP contribution in [0.2, 0.25) is 0 Å². The van der Waals surface area contributed by atoms with Crippen molar-refractivity contribution >= 4 is 27.7 Å². The second-order valence-electron chi connectivity index (χ2n) is 6.18. The molecule has 1 aliphatic heterocycles. The molecule has 0 radical (unpaired) electrons. The molecule has 6 heteroatoms. The van der Waals surface area contributed by atoms with Crippen molar-refractivity contribution in [1.82, 2.24) is 19.9 Å². The number of H-pyrrole nitrogens is 1. The quantitative estimate of drug-likeness (QED) is 0.787. The van der Waals surface area contributed by atoms with E-state index in [4.69, 9.17) is 5.26 Å². The van der Waals surface area contributed by atoms with E-state index in [1.807, 2.05) is 35.5 Å². The molecule has 24 heavy (non-hydrogen) atoms. The first kappa shape index (κ1) is 14.6. The number of hydrogen-bond acceptors (Lipinski definition) is 4. The lowest BCUT2D eigenvalue weighted by molar-refractivity contribution is -0.131. The number of carbonyl (C=O) groups excluding carboxylic acids is 1. The first-order valence-electron chi connectivity index (χ1n) is 8.13. The maximum atomic E-state index is 12.1. The topological polar surface area (TPSA) is 85.7 Å². The number of pyridine rings is 2. The van der Waals surface area contributed by atoms with Crippen LogP contribution in [0.4, 0.5) is 0 Å². The van der Waals surface area contributed by atoms with Crippen LogP contribution in [0.5, 0.6) is 0 Å². The van der Waals surface area contributed by atoms with Crippen molar-refractivity contribution in [3.63, 3.8) is 0 Å². The number of rotatable bonds is 2. The molecule has 3 aromatic heterocycles. The second-order valence-corrected chi connectivity index (χ2v) is 6.18. The molecule has 6 nitrogen and oxygen atoms in total. The van der Waals surface area contributed by atoms with Crippen LogP contribution in [0.1, 0.15) is 30.9 Å². The maximum Gasteiger partial charge on any atom is 0.236 e. The van der Waals surface area contributed by atoms with Gasteiger partial charge in [-0.15, -0.1) is 0 Å². The molecule has 1 aliphatic rings. The van der Waals surface area contributed by atoms with Crippen LogP contribution < -0.4 is 0 Å². The van der Waals surface area contributed by atoms with Crippen molar-refractivity contribution in [2.24, 2.45) is 0 Å². The highest BCUT2D eigenvalue weighted by molar-refractivity contribution is 6.05. The third kappa shape index (κ3) is 2.38. The molecule has 1 amide bonds. The van der Waals surface area contributed by atoms with Gasteiger partial charge in [-0.05, 0) is 25.0 Å². The molecule has 0 aromatic carbocycles. The van der Waals surface area contributed by atoms with Gasteiger partial charge in [0.1, 0.15) is 6.42 Å². The van der Waals surface area contributed by atoms with Crippen LogP contribution in [0.25, 0.3) is 21.8 Å². The first-order chi connectivity index (χ1) is 11.8. The molecule has 0 saturated carbocycles. The van der Waals surface area contributed by atoms with Crippen LogP contribution in [0.15, 0.2) is 30.7 Å². The first-order valence-corrected chi connectivity index (χ1v) is 8.13. The zero-order chi connectivity index (χ0) is 16.5. The van der Waals surface area contributed by atoms with Crippen LogP contribution >= 0.6 is 0 Å². The molecule has 0 spiro atoms. The molecule has 4 rings (SSSR count). The van der Waals surface area contributed by atoms with E-state index in [-0.39, 0.29) is 18.2 Å². The van der Waals surface area contributed by atoms with Gasteiger partial charge in [-0.1, -0.05) is 0 Å². The number of piperidine rings is 1. The van der Waals surface area contributed by atoms with Gasteiger partial charge < -0.3 is 9.88 Å². The lowest BCUT2D eigenvalue weighted by atomic mass is 9.90. The molecular weight excluding hydrogens is 302 g/mol. The number of likely N-dealkylation sites (tertiary alicyclic amines) is 1. The van der Waals surface area contributed by atoms with E-state index in [9.17, 15) is 4.79 Å². The Labute approximate surface area is 139 Å². The molecule has 1 atom stereocenters. The Morgan fingerprint density at radius 1 is 1.42 bits per heavy atom. The fraction of sp³-hybridized carbons (Fsp3) is 0.333. The maximum absolute atomic E-state index is 12.1. The highest BCUT2D eigenvalue weighted by atomic mass is 16.2. The van der Waals surface area contributed by atoms with Crippen molar-refractivity contribution in [3.05, 3.63) is 36.4 Å². The average molecular weight is 319 g/mol. The molecule has 1 N–H and O–H groups in total. The van der Waals surface area contributed by atoms with Crippen molar-refractivity contribution in [2.45, 2.75) is 25.2 Å². The monoisotopic (exact) mass is 319 g/mol. The van der Waals surface area contributed by atoms with E-state index in [1.165, 1.54) is 0 Å². The van der Waals surface area contributed by atoms with E-state index < -0.39 is 0 Å². The smallest absolute Gasteiger partial charge is 0.236 e. The molecular formula is C18H17N5O. The van der Waals surface area contributed by atoms with Crippen molar-refractivity contribution in [3.8, 4) is 6.07 Å². The van der Waals surface area contributed by atoms with E-state index in [1.54, 1.807) is 6.20 Å². The predicted molar refractivity (Wildman–Crippen MR) is 90.2 cm³/mol. The largest absolute Gasteiger partial charge is 0.364 e. The Hall–Kier alpha value is -2.94. The molecule has 4 heterocycles. The highest BCUT2D eigenvalue weighted by Gasteiger charge is 2.26. The summed E-state index contributed by atoms with van der Waals surface area (Å²) in [5.74, 6) is 0.148. The summed E-state index contributed by atoms with van der Waals surface area (Å²) in [6.07, 6.45) is 7.47. The summed E-state index contributed by atoms with van der Waals surface area (Å²) in [5, 5.41) is 12.0. The number of nitrogens with zero attached hydrogens (tertiary/aromatic N) is 4. The summed E-state index contributed by atoms with van der Waals surface area (Å²) in [4.78, 5) is 26.0. The number of nitrogens with one attached hydrogen (secondary N) is 1. The number of carbonyl (C=O) groups is 1. The van der Waals surface area contributed by atoms with E-state index >= 15 is 0 Å². The zero-order valence-corrected chi connectivity index (χ0v) is 13.2. The molecule has 1 fully saturated rings. The SMILES string of the molecule is N#CCC(=O)N1CCCC(c2[nH]ccc3cnc4nccc4c23)C1. The summed E-state index contributed by atoms with van der Waals surface area (Å²) in [7, 11) is 0. The van der Waals surface area contributed by atoms with Crippen LogP contribution in [0, 0.1) is 11.3 Å². The lowest BCUT2D eigenvalue weighted by Crippen LogP contribution is -2.39. The minimum absolute atomic E-state index is 0.0487. The number of aromatic nitrogens is 3. The van der Waals surface area contributed by atoms with Gasteiger partial charge in [0, 0.05) is 59.5 Å². The van der Waals surface area contributed by atoms with Gasteiger partial charge in [0.2, 0.25) is 5.91 Å². The number of hydrogen-bond donors (Lipinski definition) is 1. The molecule has 1 saturated heterocycles. The molecule has 120 valence electrons. The Balaban J connectivity index is 1.77. The Morgan fingerprint density at radius 3 is 3.21 bits per heavy atom. The van der Waals surface area contributed by atoms with Crippen molar-refractivity contribution in [1.29, 1.82) is 5.26 Å². The summed E-state index contributed by atoms with van der Waals surface area (Å²) < 4.78 is 0. The second kappa shape index (κ2) is 5.93. The molecule has 0 aliphatic carbocycles. The third-order valence-corrected chi connectivity index (χ3v) is 4.75. The number of nitriles is 1. The zero-order valence-electron chi connectivity index (χ0n) is 13.2. The van der Waals surface area contributed by atoms with E-state index in [0.29, 0.717) is 6.54 Å². The molecule has 3 aromatic rings. The number of fused-ring (bicyclic) bond motifs is 3. The fourth-order valence-electron chi connectivity index (χ4n) is 3.64. The minimum atomic E-state index is -0.0794. The number of amides is 1. The summed E-state index contributed by atoms with van der Waals surface area (Å²) >= 11 is 0. The lowest BCUT2D eigenvalue weighted by Gasteiger charge is -2.33. The highest BCUT2D eigenvalue weighted by Crippen LogP contribution is 2.33. The van der Waals surface area contributed by atoms with Crippen molar-refractivity contribution < 1.29 is 4.79 Å². The van der Waals surface area contributed by atoms with Crippen LogP contribution in [-0.2, 0) is 4.79 Å². The standard InChI is InChI=1S/C18H17N5O/c19-6-3-15(24)23-9-1-2-13(11-23)17-16-12(4-7-20-17)10-22-18-14(16)5-8-21-18/h4-5,7-8,10,13,20H,1-3,9,11H2. The fourth-order valence-corrected chi connectivity index (χ4v) is 3.64. The van der Waals surface area contributed by atoms with Gasteiger partial charge in [-0.2, -0.15) is 5.26 Å². The van der Waals surface area contributed by atoms with Gasteiger partial charge in [0.15, 0.2) is 5.65 Å². The molecule has 1 unspecified atom stereocenters. The Bertz CT molecular complexity index is 955. The van der Waals surface area contributed by atoms with Gasteiger partial charge in [-0.3, -0.25) is 4.79 Å². The van der Waals surface area contributed by atoms with E-state index in [2.05, 4.69) is 15.0 Å². The summed E-state index contributed by atoms with van der Waals surface area (Å²) in [6, 6.07) is 5.96. The van der Waals surface area contributed by atoms with Gasteiger partial charge in [0.25, 0.3) is 0 Å². The van der Waals surface area contributed by atoms with E-state index in [0.717, 1.165) is 46.9 Å². The van der Waals surface area contributed by atoms with Gasteiger partial charge >= 0.3 is 0 Å². The van der Waals surface area contributed by atoms with Gasteiger partial charge in [-0.25, -0.2) is 9.97 Å². The van der Waals surface area contributed by atoms with Gasteiger partial charge in [0.05, 0.1) is 6.07 Å². The predicted octanol–water partition coefficient (Wildman–Crippen LogP) is 2.73. The Kier molecular flexibility index (Phi) is 3.62.